The Morgan fingerprint density at radius 1 is 0.905 bits per heavy atom. The SMILES string of the molecule is C1=C[n+]2cc3ccccc3cc2CC1.F[P-](F)(F)(F)(F)F. The molecule has 0 N–H and O–H groups in total. The Bertz CT molecular complexity index is 694. The van der Waals surface area contributed by atoms with Gasteiger partial charge in [-0.05, 0) is 23.9 Å². The summed E-state index contributed by atoms with van der Waals surface area (Å²) >= 11 is 0. The van der Waals surface area contributed by atoms with Crippen molar-refractivity contribution in [3.63, 3.8) is 0 Å². The number of hydrogen-bond acceptors (Lipinski definition) is 0. The zero-order valence-corrected chi connectivity index (χ0v) is 11.6. The molecule has 21 heavy (non-hydrogen) atoms. The fraction of sp³-hybridized carbons (Fsp3) is 0.154. The van der Waals surface area contributed by atoms with Crippen molar-refractivity contribution in [2.24, 2.45) is 0 Å². The number of halogens is 6. The molecule has 1 aliphatic heterocycles. The first kappa shape index (κ1) is 15.8. The molecule has 1 aromatic carbocycles. The second-order valence-electron chi connectivity index (χ2n) is 4.68. The minimum absolute atomic E-state index is 1.15. The van der Waals surface area contributed by atoms with Crippen LogP contribution in [0.2, 0.25) is 0 Å². The van der Waals surface area contributed by atoms with Gasteiger partial charge in [0.2, 0.25) is 0 Å². The first-order chi connectivity index (χ1) is 9.38. The number of nitrogens with zero attached hydrogens (tertiary/aromatic N) is 1. The van der Waals surface area contributed by atoms with Crippen LogP contribution in [0.1, 0.15) is 12.1 Å². The Morgan fingerprint density at radius 3 is 2.10 bits per heavy atom. The molecule has 3 rings (SSSR count). The van der Waals surface area contributed by atoms with E-state index < -0.39 is 7.81 Å². The van der Waals surface area contributed by atoms with E-state index in [0.29, 0.717) is 0 Å². The number of hydrogen-bond donors (Lipinski definition) is 0. The van der Waals surface area contributed by atoms with Gasteiger partial charge in [-0.25, -0.2) is 0 Å². The molecular weight excluding hydrogens is 315 g/mol. The van der Waals surface area contributed by atoms with Crippen LogP contribution in [0.4, 0.5) is 25.2 Å². The van der Waals surface area contributed by atoms with Crippen LogP contribution in [-0.2, 0) is 6.42 Å². The summed E-state index contributed by atoms with van der Waals surface area (Å²) in [7, 11) is -10.7. The van der Waals surface area contributed by atoms with Gasteiger partial charge >= 0.3 is 33.0 Å². The molecule has 0 fully saturated rings. The zero-order valence-electron chi connectivity index (χ0n) is 10.7. The number of rotatable bonds is 0. The van der Waals surface area contributed by atoms with Crippen LogP contribution in [0.25, 0.3) is 17.0 Å². The van der Waals surface area contributed by atoms with Crippen molar-refractivity contribution in [1.29, 1.82) is 0 Å². The molecule has 0 aliphatic carbocycles. The summed E-state index contributed by atoms with van der Waals surface area (Å²) in [5.41, 5.74) is 1.41. The van der Waals surface area contributed by atoms with Gasteiger partial charge in [0.1, 0.15) is 0 Å². The van der Waals surface area contributed by atoms with Gasteiger partial charge in [-0.1, -0.05) is 18.2 Å². The van der Waals surface area contributed by atoms with Gasteiger partial charge in [0, 0.05) is 17.9 Å². The Morgan fingerprint density at radius 2 is 1.48 bits per heavy atom. The topological polar surface area (TPSA) is 3.88 Å². The Balaban J connectivity index is 0.000000199. The third kappa shape index (κ3) is 6.12. The van der Waals surface area contributed by atoms with Crippen molar-refractivity contribution in [1.82, 2.24) is 0 Å². The molecule has 116 valence electrons. The summed E-state index contributed by atoms with van der Waals surface area (Å²) in [5, 5.41) is 2.65. The molecule has 2 aromatic rings. The van der Waals surface area contributed by atoms with E-state index in [-0.39, 0.29) is 0 Å². The van der Waals surface area contributed by atoms with Crippen LogP contribution < -0.4 is 4.57 Å². The van der Waals surface area contributed by atoms with Crippen molar-refractivity contribution >= 4 is 24.8 Å². The number of allylic oxidation sites excluding steroid dienone is 1. The van der Waals surface area contributed by atoms with Gasteiger partial charge < -0.3 is 0 Å². The maximum absolute atomic E-state index is 10.7. The third-order valence-corrected chi connectivity index (χ3v) is 2.76. The number of aryl methyl sites for hydroxylation is 1. The fourth-order valence-electron chi connectivity index (χ4n) is 2.01. The van der Waals surface area contributed by atoms with Gasteiger partial charge in [0.25, 0.3) is 0 Å². The molecule has 1 aromatic heterocycles. The summed E-state index contributed by atoms with van der Waals surface area (Å²) in [6.07, 6.45) is 8.91. The molecule has 0 bridgehead atoms. The quantitative estimate of drug-likeness (QED) is 0.321. The van der Waals surface area contributed by atoms with Crippen molar-refractivity contribution in [3.8, 4) is 0 Å². The summed E-state index contributed by atoms with van der Waals surface area (Å²) in [6.45, 7) is 0. The summed E-state index contributed by atoms with van der Waals surface area (Å²) in [6, 6.07) is 10.8. The average molecular weight is 327 g/mol. The predicted octanol–water partition coefficient (Wildman–Crippen LogP) is 5.93. The van der Waals surface area contributed by atoms with E-state index in [1.54, 1.807) is 0 Å². The predicted molar refractivity (Wildman–Crippen MR) is 71.4 cm³/mol. The van der Waals surface area contributed by atoms with E-state index in [0.717, 1.165) is 6.42 Å². The standard InChI is InChI=1S/C13H12N.F6P/c1-2-6-12-10-14-8-4-3-7-13(14)9-11(12)5-1;1-7(2,3,4,5)6/h1-2,4-6,8-10H,3,7H2;/q+1;-1. The van der Waals surface area contributed by atoms with Crippen molar-refractivity contribution in [2.45, 2.75) is 12.8 Å². The van der Waals surface area contributed by atoms with Crippen molar-refractivity contribution in [2.75, 3.05) is 0 Å². The molecule has 0 spiro atoms. The number of fused-ring (bicyclic) bond motifs is 2. The number of pyridine rings is 1. The first-order valence-corrected chi connectivity index (χ1v) is 8.07. The summed E-state index contributed by atoms with van der Waals surface area (Å²) < 4.78 is 61.4. The van der Waals surface area contributed by atoms with Gasteiger partial charge in [-0.3, -0.25) is 0 Å². The van der Waals surface area contributed by atoms with Crippen LogP contribution in [0.3, 0.4) is 0 Å². The Hall–Kier alpha value is -1.62. The number of aromatic nitrogens is 1. The summed E-state index contributed by atoms with van der Waals surface area (Å²) in [4.78, 5) is 0. The molecule has 2 heterocycles. The summed E-state index contributed by atoms with van der Waals surface area (Å²) in [5.74, 6) is 0. The van der Waals surface area contributed by atoms with E-state index in [4.69, 9.17) is 0 Å². The van der Waals surface area contributed by atoms with E-state index in [2.05, 4.69) is 53.4 Å². The normalized spacial score (nSPS) is 17.2. The zero-order chi connectivity index (χ0) is 15.8. The van der Waals surface area contributed by atoms with Crippen LogP contribution in [-0.4, -0.2) is 0 Å². The number of benzene rings is 1. The van der Waals surface area contributed by atoms with E-state index in [1.165, 1.54) is 22.9 Å². The maximum atomic E-state index is 9.87. The molecule has 1 aliphatic rings. The van der Waals surface area contributed by atoms with Crippen molar-refractivity contribution < 1.29 is 29.7 Å². The van der Waals surface area contributed by atoms with Gasteiger partial charge in [-0.2, -0.15) is 4.57 Å². The molecule has 0 radical (unpaired) electrons. The minimum atomic E-state index is -10.7. The van der Waals surface area contributed by atoms with Gasteiger partial charge in [-0.15, -0.1) is 0 Å². The second kappa shape index (κ2) is 4.44. The third-order valence-electron chi connectivity index (χ3n) is 2.76. The molecule has 8 heteroatoms. The molecule has 0 saturated heterocycles. The van der Waals surface area contributed by atoms with Crippen LogP contribution in [0.15, 0.2) is 42.6 Å². The molecule has 1 nitrogen and oxygen atoms in total. The molecule has 0 unspecified atom stereocenters. The van der Waals surface area contributed by atoms with Gasteiger partial charge in [0.05, 0.1) is 0 Å². The van der Waals surface area contributed by atoms with E-state index in [9.17, 15) is 25.2 Å². The average Bonchev–Trinajstić information content (AvgIpc) is 2.32. The molecule has 0 amide bonds. The molecule has 0 atom stereocenters. The van der Waals surface area contributed by atoms with Crippen LogP contribution >= 0.6 is 7.81 Å². The van der Waals surface area contributed by atoms with Crippen LogP contribution in [0.5, 0.6) is 0 Å². The Kier molecular flexibility index (Phi) is 3.33. The molecule has 0 saturated carbocycles. The first-order valence-electron chi connectivity index (χ1n) is 6.04. The fourth-order valence-corrected chi connectivity index (χ4v) is 2.01. The molecular formula is C13H12F6NP. The van der Waals surface area contributed by atoms with Crippen LogP contribution in [0, 0.1) is 0 Å². The Labute approximate surface area is 116 Å². The van der Waals surface area contributed by atoms with E-state index in [1.807, 2.05) is 0 Å². The van der Waals surface area contributed by atoms with Crippen molar-refractivity contribution in [3.05, 3.63) is 48.3 Å². The second-order valence-corrected chi connectivity index (χ2v) is 6.60. The monoisotopic (exact) mass is 327 g/mol. The van der Waals surface area contributed by atoms with Gasteiger partial charge in [0.15, 0.2) is 18.1 Å². The van der Waals surface area contributed by atoms with E-state index >= 15 is 0 Å².